The standard InChI is InChI=1S/C20H12NOS.C12H10N.Ir/c1-12-11-15-18(23-12)9-8-17-19(15)14-6-4-5-13(20(14)22-17)16-7-2-3-10-21-16;1-10-7-8-12(13-9-10)11-5-3-2-4-6-11;/h2-4,6-11H,1H3;2-5,7-9H,1H3;/q2*-1;. The molecule has 0 unspecified atom stereocenters. The average molecular weight is 675 g/mol. The van der Waals surface area contributed by atoms with Crippen LogP contribution in [0, 0.1) is 26.0 Å². The van der Waals surface area contributed by atoms with E-state index >= 15 is 0 Å². The van der Waals surface area contributed by atoms with E-state index in [-0.39, 0.29) is 20.1 Å². The van der Waals surface area contributed by atoms with Crippen LogP contribution in [0.3, 0.4) is 0 Å². The van der Waals surface area contributed by atoms with Crippen LogP contribution in [0.1, 0.15) is 10.4 Å². The van der Waals surface area contributed by atoms with Gasteiger partial charge in [0, 0.05) is 52.8 Å². The number of pyridine rings is 2. The zero-order valence-corrected chi connectivity index (χ0v) is 23.5. The molecule has 4 heterocycles. The summed E-state index contributed by atoms with van der Waals surface area (Å²) in [5.41, 5.74) is 6.78. The number of fused-ring (bicyclic) bond motifs is 5. The first-order chi connectivity index (χ1) is 17.7. The van der Waals surface area contributed by atoms with Crippen LogP contribution in [0.5, 0.6) is 0 Å². The summed E-state index contributed by atoms with van der Waals surface area (Å²) in [5, 5.41) is 3.58. The molecule has 3 nitrogen and oxygen atoms in total. The second-order valence-electron chi connectivity index (χ2n) is 8.62. The van der Waals surface area contributed by atoms with Gasteiger partial charge in [0.05, 0.1) is 5.58 Å². The topological polar surface area (TPSA) is 38.9 Å². The van der Waals surface area contributed by atoms with E-state index in [4.69, 9.17) is 4.42 Å². The van der Waals surface area contributed by atoms with Gasteiger partial charge in [0.1, 0.15) is 5.58 Å². The number of rotatable bonds is 2. The van der Waals surface area contributed by atoms with Crippen LogP contribution in [-0.4, -0.2) is 9.97 Å². The summed E-state index contributed by atoms with van der Waals surface area (Å²) in [6.07, 6.45) is 3.67. The predicted octanol–water partition coefficient (Wildman–Crippen LogP) is 8.83. The fraction of sp³-hybridized carbons (Fsp3) is 0.0625. The Labute approximate surface area is 233 Å². The zero-order valence-electron chi connectivity index (χ0n) is 20.3. The van der Waals surface area contributed by atoms with Crippen molar-refractivity contribution in [2.24, 2.45) is 0 Å². The third kappa shape index (κ3) is 4.99. The number of hydrogen-bond donors (Lipinski definition) is 0. The molecule has 183 valence electrons. The fourth-order valence-electron chi connectivity index (χ4n) is 4.36. The Morgan fingerprint density at radius 1 is 0.784 bits per heavy atom. The molecular formula is C32H22IrN2OS-2. The molecule has 4 aromatic heterocycles. The monoisotopic (exact) mass is 675 g/mol. The SMILES string of the molecule is Cc1cc2c(ccc3oc4c(-c5ccccn5)[c-]ccc4c32)s1.Cc1ccc(-c2[c-]cccc2)nc1.[Ir]. The fourth-order valence-corrected chi connectivity index (χ4v) is 5.29. The zero-order chi connectivity index (χ0) is 24.5. The van der Waals surface area contributed by atoms with Crippen molar-refractivity contribution in [1.29, 1.82) is 0 Å². The molecule has 0 spiro atoms. The molecule has 0 aliphatic heterocycles. The van der Waals surface area contributed by atoms with E-state index in [1.807, 2.05) is 79.1 Å². The van der Waals surface area contributed by atoms with E-state index in [0.29, 0.717) is 0 Å². The molecule has 7 rings (SSSR count). The van der Waals surface area contributed by atoms with Gasteiger partial charge in [-0.05, 0) is 55.1 Å². The van der Waals surface area contributed by atoms with Gasteiger partial charge in [-0.1, -0.05) is 35.2 Å². The van der Waals surface area contributed by atoms with Crippen molar-refractivity contribution in [3.63, 3.8) is 0 Å². The van der Waals surface area contributed by atoms with E-state index in [1.54, 1.807) is 6.20 Å². The predicted molar refractivity (Wildman–Crippen MR) is 149 cm³/mol. The molecule has 0 saturated heterocycles. The molecule has 0 atom stereocenters. The van der Waals surface area contributed by atoms with Crippen molar-refractivity contribution in [3.8, 4) is 22.5 Å². The maximum atomic E-state index is 6.19. The van der Waals surface area contributed by atoms with Crippen molar-refractivity contribution in [2.75, 3.05) is 0 Å². The van der Waals surface area contributed by atoms with Crippen molar-refractivity contribution in [2.45, 2.75) is 13.8 Å². The molecular weight excluding hydrogens is 653 g/mol. The molecule has 0 aliphatic carbocycles. The third-order valence-electron chi connectivity index (χ3n) is 6.03. The van der Waals surface area contributed by atoms with Gasteiger partial charge in [-0.3, -0.25) is 0 Å². The van der Waals surface area contributed by atoms with Crippen LogP contribution in [0.4, 0.5) is 0 Å². The van der Waals surface area contributed by atoms with E-state index < -0.39 is 0 Å². The molecule has 5 heteroatoms. The Bertz CT molecular complexity index is 1790. The Morgan fingerprint density at radius 3 is 2.43 bits per heavy atom. The largest absolute Gasteiger partial charge is 0.501 e. The molecule has 0 N–H and O–H groups in total. The second-order valence-corrected chi connectivity index (χ2v) is 9.91. The minimum atomic E-state index is 0. The maximum absolute atomic E-state index is 6.19. The van der Waals surface area contributed by atoms with Crippen molar-refractivity contribution in [1.82, 2.24) is 9.97 Å². The van der Waals surface area contributed by atoms with Crippen LogP contribution < -0.4 is 0 Å². The first-order valence-corrected chi connectivity index (χ1v) is 12.6. The Kier molecular flexibility index (Phi) is 7.29. The van der Waals surface area contributed by atoms with Gasteiger partial charge >= 0.3 is 0 Å². The Hall–Kier alpha value is -3.63. The first-order valence-electron chi connectivity index (χ1n) is 11.7. The Balaban J connectivity index is 0.000000172. The summed E-state index contributed by atoms with van der Waals surface area (Å²) in [6.45, 7) is 4.18. The maximum Gasteiger partial charge on any atom is 0.121 e. The molecule has 0 amide bonds. The van der Waals surface area contributed by atoms with E-state index in [1.165, 1.54) is 25.9 Å². The van der Waals surface area contributed by atoms with E-state index in [2.05, 4.69) is 59.4 Å². The summed E-state index contributed by atoms with van der Waals surface area (Å²) in [6, 6.07) is 34.7. The summed E-state index contributed by atoms with van der Waals surface area (Å²) < 4.78 is 7.48. The molecule has 7 aromatic rings. The second kappa shape index (κ2) is 10.8. The quantitative estimate of drug-likeness (QED) is 0.172. The number of benzene rings is 3. The van der Waals surface area contributed by atoms with Crippen LogP contribution in [0.25, 0.3) is 54.5 Å². The third-order valence-corrected chi connectivity index (χ3v) is 7.05. The van der Waals surface area contributed by atoms with Crippen LogP contribution in [0.15, 0.2) is 102 Å². The average Bonchev–Trinajstić information content (AvgIpc) is 3.50. The van der Waals surface area contributed by atoms with Crippen LogP contribution in [-0.2, 0) is 20.1 Å². The van der Waals surface area contributed by atoms with E-state index in [0.717, 1.165) is 39.1 Å². The van der Waals surface area contributed by atoms with Gasteiger partial charge < -0.3 is 14.4 Å². The summed E-state index contributed by atoms with van der Waals surface area (Å²) in [7, 11) is 0. The molecule has 37 heavy (non-hydrogen) atoms. The number of furan rings is 1. The number of nitrogens with zero attached hydrogens (tertiary/aromatic N) is 2. The molecule has 0 aliphatic rings. The van der Waals surface area contributed by atoms with Crippen molar-refractivity contribution >= 4 is 43.4 Å². The van der Waals surface area contributed by atoms with Crippen LogP contribution in [0.2, 0.25) is 0 Å². The number of aryl methyl sites for hydroxylation is 2. The smallest absolute Gasteiger partial charge is 0.121 e. The normalized spacial score (nSPS) is 10.8. The first kappa shape index (κ1) is 25.0. The van der Waals surface area contributed by atoms with Gasteiger partial charge in [0.2, 0.25) is 0 Å². The van der Waals surface area contributed by atoms with Gasteiger partial charge in [0.15, 0.2) is 0 Å². The van der Waals surface area contributed by atoms with Gasteiger partial charge in [-0.2, -0.15) is 0 Å². The molecule has 3 aromatic carbocycles. The van der Waals surface area contributed by atoms with Crippen molar-refractivity contribution < 1.29 is 24.5 Å². The molecule has 1 radical (unpaired) electrons. The summed E-state index contributed by atoms with van der Waals surface area (Å²) >= 11 is 1.82. The summed E-state index contributed by atoms with van der Waals surface area (Å²) in [5.74, 6) is 0. The number of aromatic nitrogens is 2. The minimum absolute atomic E-state index is 0. The number of hydrogen-bond acceptors (Lipinski definition) is 4. The molecule has 0 saturated carbocycles. The van der Waals surface area contributed by atoms with Gasteiger partial charge in [-0.25, -0.2) is 0 Å². The van der Waals surface area contributed by atoms with Crippen LogP contribution >= 0.6 is 11.3 Å². The minimum Gasteiger partial charge on any atom is -0.501 e. The van der Waals surface area contributed by atoms with Gasteiger partial charge in [-0.15, -0.1) is 65.4 Å². The molecule has 0 bridgehead atoms. The summed E-state index contributed by atoms with van der Waals surface area (Å²) in [4.78, 5) is 10.1. The van der Waals surface area contributed by atoms with Gasteiger partial charge in [0.25, 0.3) is 0 Å². The van der Waals surface area contributed by atoms with Crippen molar-refractivity contribution in [3.05, 3.63) is 120 Å². The Morgan fingerprint density at radius 2 is 1.68 bits per heavy atom. The van der Waals surface area contributed by atoms with E-state index in [9.17, 15) is 0 Å². The molecule has 0 fully saturated rings. The number of thiophene rings is 1.